The zero-order valence-electron chi connectivity index (χ0n) is 24.7. The highest BCUT2D eigenvalue weighted by Crippen LogP contribution is 2.12. The van der Waals surface area contributed by atoms with Gasteiger partial charge in [0.05, 0.1) is 13.2 Å². The van der Waals surface area contributed by atoms with Gasteiger partial charge >= 0.3 is 6.16 Å². The Hall–Kier alpha value is -0.990. The number of unbranched alkanes of at least 4 members (excludes halogenated alkanes) is 23. The van der Waals surface area contributed by atoms with Gasteiger partial charge in [-0.3, -0.25) is 0 Å². The van der Waals surface area contributed by atoms with Crippen molar-refractivity contribution in [2.75, 3.05) is 13.2 Å². The number of rotatable bonds is 29. The van der Waals surface area contributed by atoms with E-state index in [0.29, 0.717) is 13.2 Å². The van der Waals surface area contributed by atoms with Crippen molar-refractivity contribution in [3.63, 3.8) is 0 Å². The molecule has 3 nitrogen and oxygen atoms in total. The van der Waals surface area contributed by atoms with Gasteiger partial charge in [-0.25, -0.2) is 4.79 Å². The standard InChI is InChI=1S/C33H64O3/c1-3-5-7-9-11-13-15-17-18-19-20-22-24-26-28-30-32-36-33(34)35-31-29-27-25-23-21-16-14-12-10-8-6-4-2/h17-18H,3-16,19-32H2,1-2H3/b18-17-. The van der Waals surface area contributed by atoms with Crippen molar-refractivity contribution < 1.29 is 14.3 Å². The number of hydrogen-bond acceptors (Lipinski definition) is 3. The van der Waals surface area contributed by atoms with E-state index in [-0.39, 0.29) is 0 Å². The quantitative estimate of drug-likeness (QED) is 0.0572. The number of ether oxygens (including phenoxy) is 2. The number of hydrogen-bond donors (Lipinski definition) is 0. The Balaban J connectivity index is 3.18. The van der Waals surface area contributed by atoms with Crippen LogP contribution in [0.4, 0.5) is 4.79 Å². The van der Waals surface area contributed by atoms with E-state index in [9.17, 15) is 4.79 Å². The van der Waals surface area contributed by atoms with Crippen molar-refractivity contribution in [2.45, 2.75) is 181 Å². The smallest absolute Gasteiger partial charge is 0.434 e. The monoisotopic (exact) mass is 508 g/mol. The molecule has 0 aromatic heterocycles. The van der Waals surface area contributed by atoms with Gasteiger partial charge in [0.1, 0.15) is 0 Å². The summed E-state index contributed by atoms with van der Waals surface area (Å²) in [6.07, 6.45) is 38.1. The van der Waals surface area contributed by atoms with Gasteiger partial charge in [0.2, 0.25) is 0 Å². The highest BCUT2D eigenvalue weighted by atomic mass is 16.7. The van der Waals surface area contributed by atoms with Crippen molar-refractivity contribution in [1.82, 2.24) is 0 Å². The summed E-state index contributed by atoms with van der Waals surface area (Å²) in [5.41, 5.74) is 0. The van der Waals surface area contributed by atoms with Crippen LogP contribution in [0.15, 0.2) is 12.2 Å². The lowest BCUT2D eigenvalue weighted by atomic mass is 10.1. The molecule has 0 saturated heterocycles. The molecule has 0 aliphatic carbocycles. The summed E-state index contributed by atoms with van der Waals surface area (Å²) >= 11 is 0. The van der Waals surface area contributed by atoms with Crippen LogP contribution in [-0.2, 0) is 9.47 Å². The van der Waals surface area contributed by atoms with Crippen LogP contribution in [0.3, 0.4) is 0 Å². The first-order chi connectivity index (χ1) is 17.8. The minimum atomic E-state index is -0.481. The van der Waals surface area contributed by atoms with Gasteiger partial charge in [-0.15, -0.1) is 0 Å². The van der Waals surface area contributed by atoms with Crippen molar-refractivity contribution in [3.05, 3.63) is 12.2 Å². The molecule has 0 N–H and O–H groups in total. The molecule has 0 radical (unpaired) electrons. The van der Waals surface area contributed by atoms with Crippen molar-refractivity contribution >= 4 is 6.16 Å². The maximum Gasteiger partial charge on any atom is 0.508 e. The van der Waals surface area contributed by atoms with Crippen LogP contribution < -0.4 is 0 Å². The van der Waals surface area contributed by atoms with Gasteiger partial charge in [-0.1, -0.05) is 154 Å². The van der Waals surface area contributed by atoms with E-state index in [1.165, 1.54) is 141 Å². The molecule has 0 fully saturated rings. The Morgan fingerprint density at radius 3 is 1.03 bits per heavy atom. The molecule has 0 aliphatic rings. The fourth-order valence-electron chi connectivity index (χ4n) is 4.65. The topological polar surface area (TPSA) is 35.5 Å². The van der Waals surface area contributed by atoms with E-state index in [0.717, 1.165) is 25.7 Å². The summed E-state index contributed by atoms with van der Waals surface area (Å²) < 4.78 is 10.4. The minimum Gasteiger partial charge on any atom is -0.434 e. The lowest BCUT2D eigenvalue weighted by Crippen LogP contribution is -2.09. The molecule has 0 amide bonds. The minimum absolute atomic E-state index is 0.481. The Morgan fingerprint density at radius 2 is 0.694 bits per heavy atom. The molecular weight excluding hydrogens is 444 g/mol. The van der Waals surface area contributed by atoms with Crippen LogP contribution in [0.5, 0.6) is 0 Å². The zero-order valence-corrected chi connectivity index (χ0v) is 24.7. The number of carbonyl (C=O) groups is 1. The predicted octanol–water partition coefficient (Wildman–Crippen LogP) is 11.9. The van der Waals surface area contributed by atoms with Gasteiger partial charge in [-0.2, -0.15) is 0 Å². The third-order valence-electron chi connectivity index (χ3n) is 7.09. The lowest BCUT2D eigenvalue weighted by molar-refractivity contribution is 0.0529. The SMILES string of the molecule is CCCCCCCC/C=C\CCCCCCCCOC(=O)OCCCCCCCCCCCCCC. The molecule has 0 bridgehead atoms. The van der Waals surface area contributed by atoms with E-state index in [4.69, 9.17) is 9.47 Å². The normalized spacial score (nSPS) is 11.4. The van der Waals surface area contributed by atoms with Crippen LogP contribution in [-0.4, -0.2) is 19.4 Å². The summed E-state index contributed by atoms with van der Waals surface area (Å²) in [5.74, 6) is 0. The van der Waals surface area contributed by atoms with Crippen LogP contribution in [0, 0.1) is 0 Å². The van der Waals surface area contributed by atoms with Gasteiger partial charge < -0.3 is 9.47 Å². The first kappa shape index (κ1) is 35.0. The summed E-state index contributed by atoms with van der Waals surface area (Å²) in [6, 6.07) is 0. The molecule has 0 rings (SSSR count). The third kappa shape index (κ3) is 31.0. The van der Waals surface area contributed by atoms with Crippen molar-refractivity contribution in [1.29, 1.82) is 0 Å². The molecule has 0 saturated carbocycles. The zero-order chi connectivity index (χ0) is 26.2. The third-order valence-corrected chi connectivity index (χ3v) is 7.09. The summed E-state index contributed by atoms with van der Waals surface area (Å²) in [5, 5.41) is 0. The second kappa shape index (κ2) is 32.0. The van der Waals surface area contributed by atoms with Gasteiger partial charge in [0.25, 0.3) is 0 Å². The van der Waals surface area contributed by atoms with E-state index in [1.54, 1.807) is 0 Å². The first-order valence-corrected chi connectivity index (χ1v) is 16.3. The van der Waals surface area contributed by atoms with Crippen molar-refractivity contribution in [2.24, 2.45) is 0 Å². The molecule has 0 unspecified atom stereocenters. The first-order valence-electron chi connectivity index (χ1n) is 16.3. The average Bonchev–Trinajstić information content (AvgIpc) is 2.88. The summed E-state index contributed by atoms with van der Waals surface area (Å²) in [6.45, 7) is 5.55. The second-order valence-corrected chi connectivity index (χ2v) is 10.8. The Kier molecular flexibility index (Phi) is 31.2. The van der Waals surface area contributed by atoms with E-state index < -0.39 is 6.16 Å². The Bertz CT molecular complexity index is 446. The highest BCUT2D eigenvalue weighted by Gasteiger charge is 2.03. The maximum atomic E-state index is 11.7. The maximum absolute atomic E-state index is 11.7. The molecule has 0 aliphatic heterocycles. The summed E-state index contributed by atoms with van der Waals surface area (Å²) in [7, 11) is 0. The average molecular weight is 509 g/mol. The van der Waals surface area contributed by atoms with Crippen LogP contribution in [0.25, 0.3) is 0 Å². The summed E-state index contributed by atoms with van der Waals surface area (Å²) in [4.78, 5) is 11.7. The fraction of sp³-hybridized carbons (Fsp3) is 0.909. The molecule has 0 spiro atoms. The van der Waals surface area contributed by atoms with E-state index in [1.807, 2.05) is 0 Å². The molecule has 214 valence electrons. The lowest BCUT2D eigenvalue weighted by Gasteiger charge is -2.06. The predicted molar refractivity (Wildman–Crippen MR) is 158 cm³/mol. The number of allylic oxidation sites excluding steroid dienone is 2. The number of carbonyl (C=O) groups excluding carboxylic acids is 1. The van der Waals surface area contributed by atoms with Crippen LogP contribution >= 0.6 is 0 Å². The van der Waals surface area contributed by atoms with E-state index >= 15 is 0 Å². The molecule has 0 aromatic rings. The molecular formula is C33H64O3. The highest BCUT2D eigenvalue weighted by molar-refractivity contribution is 5.59. The van der Waals surface area contributed by atoms with Crippen molar-refractivity contribution in [3.8, 4) is 0 Å². The Morgan fingerprint density at radius 1 is 0.417 bits per heavy atom. The molecule has 3 heteroatoms. The van der Waals surface area contributed by atoms with Gasteiger partial charge in [0, 0.05) is 0 Å². The van der Waals surface area contributed by atoms with Crippen LogP contribution in [0.2, 0.25) is 0 Å². The fourth-order valence-corrected chi connectivity index (χ4v) is 4.65. The van der Waals surface area contributed by atoms with Crippen LogP contribution in [0.1, 0.15) is 181 Å². The van der Waals surface area contributed by atoms with Gasteiger partial charge in [-0.05, 0) is 38.5 Å². The molecule has 0 atom stereocenters. The van der Waals surface area contributed by atoms with E-state index in [2.05, 4.69) is 26.0 Å². The molecule has 0 heterocycles. The second-order valence-electron chi connectivity index (χ2n) is 10.8. The Labute approximate surface area is 226 Å². The van der Waals surface area contributed by atoms with Gasteiger partial charge in [0.15, 0.2) is 0 Å². The molecule has 36 heavy (non-hydrogen) atoms. The largest absolute Gasteiger partial charge is 0.508 e. The molecule has 0 aromatic carbocycles.